The highest BCUT2D eigenvalue weighted by Crippen LogP contribution is 2.21. The van der Waals surface area contributed by atoms with Gasteiger partial charge in [-0.25, -0.2) is 0 Å². The van der Waals surface area contributed by atoms with E-state index in [4.69, 9.17) is 11.6 Å². The molecule has 0 saturated heterocycles. The van der Waals surface area contributed by atoms with Crippen molar-refractivity contribution in [3.8, 4) is 0 Å². The van der Waals surface area contributed by atoms with E-state index in [2.05, 4.69) is 45.5 Å². The lowest BCUT2D eigenvalue weighted by Crippen LogP contribution is -2.16. The molecule has 0 radical (unpaired) electrons. The molecule has 4 heteroatoms. The highest BCUT2D eigenvalue weighted by Gasteiger charge is 2.00. The van der Waals surface area contributed by atoms with Gasteiger partial charge in [0.05, 0.1) is 0 Å². The lowest BCUT2D eigenvalue weighted by Gasteiger charge is -2.07. The molecule has 0 aliphatic rings. The first-order valence-electron chi connectivity index (χ1n) is 6.08. The van der Waals surface area contributed by atoms with Gasteiger partial charge in [-0.15, -0.1) is 11.8 Å². The quantitative estimate of drug-likeness (QED) is 0.578. The first-order valence-corrected chi connectivity index (χ1v) is 8.24. The Bertz CT molecular complexity index is 519. The molecule has 0 heterocycles. The van der Waals surface area contributed by atoms with E-state index >= 15 is 0 Å². The number of benzene rings is 2. The predicted molar refractivity (Wildman–Crippen MR) is 88.0 cm³/mol. The summed E-state index contributed by atoms with van der Waals surface area (Å²) < 4.78 is 1.06. The maximum Gasteiger partial charge on any atom is 0.0417 e. The first-order chi connectivity index (χ1) is 9.25. The Kier molecular flexibility index (Phi) is 6.24. The summed E-state index contributed by atoms with van der Waals surface area (Å²) in [5, 5.41) is 4.20. The van der Waals surface area contributed by atoms with Crippen LogP contribution in [0.4, 0.5) is 0 Å². The summed E-state index contributed by atoms with van der Waals surface area (Å²) in [5.41, 5.74) is 1.23. The molecule has 0 aliphatic carbocycles. The summed E-state index contributed by atoms with van der Waals surface area (Å²) in [6.07, 6.45) is 0. The van der Waals surface area contributed by atoms with E-state index in [-0.39, 0.29) is 0 Å². The zero-order valence-electron chi connectivity index (χ0n) is 10.4. The molecule has 2 rings (SSSR count). The van der Waals surface area contributed by atoms with E-state index in [1.165, 1.54) is 10.5 Å². The van der Waals surface area contributed by atoms with E-state index in [1.54, 1.807) is 0 Å². The summed E-state index contributed by atoms with van der Waals surface area (Å²) in [6, 6.07) is 16.4. The number of hydrogen-bond acceptors (Lipinski definition) is 2. The van der Waals surface area contributed by atoms with Crippen LogP contribution in [0.15, 0.2) is 57.9 Å². The van der Waals surface area contributed by atoms with Crippen molar-refractivity contribution in [2.75, 3.05) is 12.3 Å². The van der Waals surface area contributed by atoms with Gasteiger partial charge in [0.15, 0.2) is 0 Å². The number of hydrogen-bond donors (Lipinski definition) is 1. The van der Waals surface area contributed by atoms with Gasteiger partial charge in [-0.3, -0.25) is 0 Å². The van der Waals surface area contributed by atoms with Gasteiger partial charge < -0.3 is 5.32 Å². The summed E-state index contributed by atoms with van der Waals surface area (Å²) in [5.74, 6) is 1.06. The van der Waals surface area contributed by atoms with Gasteiger partial charge in [0.25, 0.3) is 0 Å². The molecule has 19 heavy (non-hydrogen) atoms. The Balaban J connectivity index is 1.69. The zero-order chi connectivity index (χ0) is 13.5. The fourth-order valence-corrected chi connectivity index (χ4v) is 3.30. The third kappa shape index (κ3) is 5.19. The third-order valence-electron chi connectivity index (χ3n) is 2.62. The lowest BCUT2D eigenvalue weighted by molar-refractivity contribution is 0.730. The summed E-state index contributed by atoms with van der Waals surface area (Å²) in [6.45, 7) is 1.84. The highest BCUT2D eigenvalue weighted by atomic mass is 79.9. The normalized spacial score (nSPS) is 10.6. The molecule has 0 aliphatic heterocycles. The molecule has 2 aromatic rings. The summed E-state index contributed by atoms with van der Waals surface area (Å²) >= 11 is 11.3. The molecule has 1 nitrogen and oxygen atoms in total. The molecule has 0 unspecified atom stereocenters. The second kappa shape index (κ2) is 7.95. The maximum atomic E-state index is 5.91. The van der Waals surface area contributed by atoms with Crippen LogP contribution in [0.1, 0.15) is 5.56 Å². The van der Waals surface area contributed by atoms with Crippen molar-refractivity contribution in [2.24, 2.45) is 0 Å². The first kappa shape index (κ1) is 14.9. The van der Waals surface area contributed by atoms with Gasteiger partial charge in [0.2, 0.25) is 0 Å². The van der Waals surface area contributed by atoms with E-state index in [0.29, 0.717) is 0 Å². The smallest absolute Gasteiger partial charge is 0.0417 e. The van der Waals surface area contributed by atoms with Crippen molar-refractivity contribution in [1.29, 1.82) is 0 Å². The fraction of sp³-hybridized carbons (Fsp3) is 0.200. The van der Waals surface area contributed by atoms with Gasteiger partial charge in [-0.2, -0.15) is 0 Å². The minimum Gasteiger partial charge on any atom is -0.312 e. The molecule has 0 fully saturated rings. The van der Waals surface area contributed by atoms with Gasteiger partial charge in [0, 0.05) is 33.2 Å². The number of thioether (sulfide) groups is 1. The third-order valence-corrected chi connectivity index (χ3v) is 4.61. The molecule has 0 spiro atoms. The van der Waals surface area contributed by atoms with Gasteiger partial charge >= 0.3 is 0 Å². The van der Waals surface area contributed by atoms with E-state index in [1.807, 2.05) is 36.0 Å². The molecule has 2 aromatic carbocycles. The van der Waals surface area contributed by atoms with Crippen LogP contribution in [0.3, 0.4) is 0 Å². The summed E-state index contributed by atoms with van der Waals surface area (Å²) in [7, 11) is 0. The molecule has 0 amide bonds. The Labute approximate surface area is 131 Å². The molecule has 1 N–H and O–H groups in total. The van der Waals surface area contributed by atoms with Crippen LogP contribution >= 0.6 is 39.3 Å². The maximum absolute atomic E-state index is 5.91. The van der Waals surface area contributed by atoms with Gasteiger partial charge in [-0.05, 0) is 29.8 Å². The summed E-state index contributed by atoms with van der Waals surface area (Å²) in [4.78, 5) is 1.32. The van der Waals surface area contributed by atoms with Crippen molar-refractivity contribution < 1.29 is 0 Å². The van der Waals surface area contributed by atoms with E-state index in [9.17, 15) is 0 Å². The Morgan fingerprint density at radius 2 is 1.89 bits per heavy atom. The molecule has 100 valence electrons. The van der Waals surface area contributed by atoms with E-state index in [0.717, 1.165) is 28.3 Å². The van der Waals surface area contributed by atoms with Crippen LogP contribution in [0.25, 0.3) is 0 Å². The number of nitrogens with one attached hydrogen (secondary N) is 1. The lowest BCUT2D eigenvalue weighted by atomic mass is 10.2. The van der Waals surface area contributed by atoms with Crippen LogP contribution < -0.4 is 5.32 Å². The fourth-order valence-electron chi connectivity index (χ4n) is 1.65. The number of rotatable bonds is 6. The van der Waals surface area contributed by atoms with Gasteiger partial charge in [0.1, 0.15) is 0 Å². The highest BCUT2D eigenvalue weighted by molar-refractivity contribution is 9.10. The van der Waals surface area contributed by atoms with Crippen LogP contribution in [-0.4, -0.2) is 12.3 Å². The zero-order valence-corrected chi connectivity index (χ0v) is 13.6. The Morgan fingerprint density at radius 1 is 1.11 bits per heavy atom. The Morgan fingerprint density at radius 3 is 2.63 bits per heavy atom. The van der Waals surface area contributed by atoms with Crippen molar-refractivity contribution in [3.05, 3.63) is 63.6 Å². The van der Waals surface area contributed by atoms with Gasteiger partial charge in [-0.1, -0.05) is 51.8 Å². The molecule has 0 aromatic heterocycles. The monoisotopic (exact) mass is 355 g/mol. The second-order valence-electron chi connectivity index (χ2n) is 4.07. The SMILES string of the molecule is Clc1ccc(CNCCSc2ccccc2)c(Br)c1. The van der Waals surface area contributed by atoms with Crippen molar-refractivity contribution in [3.63, 3.8) is 0 Å². The molecular weight excluding hydrogens is 342 g/mol. The standard InChI is InChI=1S/C15H15BrClNS/c16-15-10-13(17)7-6-12(15)11-18-8-9-19-14-4-2-1-3-5-14/h1-7,10,18H,8-9,11H2. The predicted octanol–water partition coefficient (Wildman–Crippen LogP) is 4.98. The number of halogens is 2. The minimum atomic E-state index is 0.759. The molecule has 0 bridgehead atoms. The molecule has 0 saturated carbocycles. The van der Waals surface area contributed by atoms with Crippen LogP contribution in [0, 0.1) is 0 Å². The van der Waals surface area contributed by atoms with Crippen molar-refractivity contribution >= 4 is 39.3 Å². The van der Waals surface area contributed by atoms with Crippen LogP contribution in [0.5, 0.6) is 0 Å². The Hall–Kier alpha value is -0.480. The van der Waals surface area contributed by atoms with Crippen LogP contribution in [-0.2, 0) is 6.54 Å². The van der Waals surface area contributed by atoms with E-state index < -0.39 is 0 Å². The molecular formula is C15H15BrClNS. The average molecular weight is 357 g/mol. The molecule has 0 atom stereocenters. The van der Waals surface area contributed by atoms with Crippen LogP contribution in [0.2, 0.25) is 5.02 Å². The average Bonchev–Trinajstić information content (AvgIpc) is 2.42. The van der Waals surface area contributed by atoms with Crippen molar-refractivity contribution in [1.82, 2.24) is 5.32 Å². The largest absolute Gasteiger partial charge is 0.312 e. The minimum absolute atomic E-state index is 0.759. The topological polar surface area (TPSA) is 12.0 Å². The van der Waals surface area contributed by atoms with Crippen molar-refractivity contribution in [2.45, 2.75) is 11.4 Å². The second-order valence-corrected chi connectivity index (χ2v) is 6.53.